The van der Waals surface area contributed by atoms with E-state index in [9.17, 15) is 18.4 Å². The molecule has 0 radical (unpaired) electrons. The number of ketones is 2. The zero-order chi connectivity index (χ0) is 19.8. The van der Waals surface area contributed by atoms with E-state index < -0.39 is 0 Å². The number of rotatable bonds is 6. The number of hydrogen-bond acceptors (Lipinski definition) is 2. The third-order valence-electron chi connectivity index (χ3n) is 6.44. The number of carbonyl (C=O) groups is 2. The number of piperazine rings is 3. The Bertz CT molecular complexity index is 800. The third kappa shape index (κ3) is 4.55. The van der Waals surface area contributed by atoms with Gasteiger partial charge in [-0.1, -0.05) is 0 Å². The average Bonchev–Trinajstić information content (AvgIpc) is 2.70. The monoisotopic (exact) mass is 421 g/mol. The van der Waals surface area contributed by atoms with Crippen LogP contribution >= 0.6 is 0 Å². The SMILES string of the molecule is O=C(C[N+]12CC[N+](CC(=O)c3ccc(F)cc3)(CC1)CC2)c1ccc(F)cc1.[Cl-]. The van der Waals surface area contributed by atoms with E-state index in [1.807, 2.05) is 0 Å². The van der Waals surface area contributed by atoms with Gasteiger partial charge in [-0.15, -0.1) is 0 Å². The Morgan fingerprint density at radius 1 is 0.621 bits per heavy atom. The molecular formula is C22H24ClF2N2O2+. The Kier molecular flexibility index (Phi) is 6.17. The summed E-state index contributed by atoms with van der Waals surface area (Å²) in [7, 11) is 0. The first-order valence-corrected chi connectivity index (χ1v) is 9.67. The summed E-state index contributed by atoms with van der Waals surface area (Å²) >= 11 is 0. The lowest BCUT2D eigenvalue weighted by molar-refractivity contribution is -1.07. The number of carbonyl (C=O) groups excluding carboxylic acids is 2. The molecule has 0 unspecified atom stereocenters. The Hall–Kier alpha value is -2.15. The van der Waals surface area contributed by atoms with E-state index in [1.165, 1.54) is 24.3 Å². The van der Waals surface area contributed by atoms with Crippen molar-refractivity contribution in [2.45, 2.75) is 0 Å². The van der Waals surface area contributed by atoms with Crippen LogP contribution in [0.25, 0.3) is 0 Å². The fourth-order valence-electron chi connectivity index (χ4n) is 4.48. The molecule has 0 atom stereocenters. The van der Waals surface area contributed by atoms with Crippen LogP contribution in [0.15, 0.2) is 48.5 Å². The first kappa shape index (κ1) is 21.6. The van der Waals surface area contributed by atoms with Gasteiger partial charge in [0, 0.05) is 11.1 Å². The lowest BCUT2D eigenvalue weighted by Crippen LogP contribution is -3.00. The highest BCUT2D eigenvalue weighted by molar-refractivity contribution is 5.97. The van der Waals surface area contributed by atoms with Crippen molar-refractivity contribution in [3.05, 3.63) is 71.3 Å². The maximum atomic E-state index is 13.1. The van der Waals surface area contributed by atoms with E-state index in [2.05, 4.69) is 0 Å². The van der Waals surface area contributed by atoms with Crippen LogP contribution < -0.4 is 12.4 Å². The molecule has 3 fully saturated rings. The van der Waals surface area contributed by atoms with Crippen molar-refractivity contribution in [2.24, 2.45) is 0 Å². The first-order valence-electron chi connectivity index (χ1n) is 9.67. The van der Waals surface area contributed by atoms with Crippen molar-refractivity contribution in [1.82, 2.24) is 0 Å². The first-order chi connectivity index (χ1) is 13.4. The Labute approximate surface area is 175 Å². The summed E-state index contributed by atoms with van der Waals surface area (Å²) in [6, 6.07) is 11.5. The van der Waals surface area contributed by atoms with E-state index in [0.29, 0.717) is 24.2 Å². The van der Waals surface area contributed by atoms with Crippen LogP contribution in [0, 0.1) is 11.6 Å². The molecule has 0 amide bonds. The lowest BCUT2D eigenvalue weighted by Gasteiger charge is -2.55. The van der Waals surface area contributed by atoms with Crippen LogP contribution in [0.2, 0.25) is 0 Å². The molecule has 0 aliphatic carbocycles. The minimum absolute atomic E-state index is 0. The van der Waals surface area contributed by atoms with Crippen molar-refractivity contribution in [1.29, 1.82) is 0 Å². The molecule has 29 heavy (non-hydrogen) atoms. The minimum Gasteiger partial charge on any atom is -1.00 e. The van der Waals surface area contributed by atoms with Gasteiger partial charge in [-0.25, -0.2) is 8.78 Å². The van der Waals surface area contributed by atoms with Gasteiger partial charge in [0.15, 0.2) is 0 Å². The number of nitrogens with zero attached hydrogens (tertiary/aromatic N) is 2. The Morgan fingerprint density at radius 2 is 0.897 bits per heavy atom. The maximum Gasteiger partial charge on any atom is 0.216 e. The van der Waals surface area contributed by atoms with Crippen molar-refractivity contribution >= 4 is 11.6 Å². The molecule has 0 spiro atoms. The Balaban J connectivity index is 0.00000240. The van der Waals surface area contributed by atoms with Crippen LogP contribution in [0.3, 0.4) is 0 Å². The molecule has 3 aliphatic heterocycles. The summed E-state index contributed by atoms with van der Waals surface area (Å²) in [4.78, 5) is 25.3. The summed E-state index contributed by atoms with van der Waals surface area (Å²) < 4.78 is 27.7. The number of halogens is 3. The highest BCUT2D eigenvalue weighted by atomic mass is 35.5. The third-order valence-corrected chi connectivity index (χ3v) is 6.44. The molecule has 154 valence electrons. The predicted molar refractivity (Wildman–Crippen MR) is 101 cm³/mol. The largest absolute Gasteiger partial charge is 1.00 e. The molecule has 0 saturated carbocycles. The van der Waals surface area contributed by atoms with Gasteiger partial charge in [-0.05, 0) is 48.5 Å². The molecule has 2 aromatic carbocycles. The number of fused-ring (bicyclic) bond motifs is 3. The number of quaternary nitrogens is 2. The highest BCUT2D eigenvalue weighted by Gasteiger charge is 2.50. The average molecular weight is 422 g/mol. The van der Waals surface area contributed by atoms with Crippen LogP contribution in [0.4, 0.5) is 8.78 Å². The van der Waals surface area contributed by atoms with E-state index in [1.54, 1.807) is 24.3 Å². The number of benzene rings is 2. The van der Waals surface area contributed by atoms with E-state index in [4.69, 9.17) is 0 Å². The summed E-state index contributed by atoms with van der Waals surface area (Å²) in [6.45, 7) is 6.04. The molecule has 4 nitrogen and oxygen atoms in total. The number of Topliss-reactive ketones (excluding diaryl/α,β-unsaturated/α-hetero) is 2. The molecule has 5 rings (SSSR count). The summed E-state index contributed by atoms with van der Waals surface area (Å²) in [5.74, 6) is -0.589. The van der Waals surface area contributed by atoms with Crippen LogP contribution in [-0.4, -0.2) is 72.9 Å². The molecule has 2 bridgehead atoms. The zero-order valence-electron chi connectivity index (χ0n) is 16.1. The van der Waals surface area contributed by atoms with E-state index in [-0.39, 0.29) is 35.6 Å². The summed E-state index contributed by atoms with van der Waals surface area (Å²) in [5.41, 5.74) is 1.11. The van der Waals surface area contributed by atoms with Crippen LogP contribution in [0.1, 0.15) is 20.7 Å². The van der Waals surface area contributed by atoms with E-state index in [0.717, 1.165) is 48.2 Å². The second kappa shape index (κ2) is 8.30. The van der Waals surface area contributed by atoms with Crippen molar-refractivity contribution in [3.63, 3.8) is 0 Å². The summed E-state index contributed by atoms with van der Waals surface area (Å²) in [5, 5.41) is 0. The molecule has 0 N–H and O–H groups in total. The van der Waals surface area contributed by atoms with Gasteiger partial charge >= 0.3 is 0 Å². The molecule has 7 heteroatoms. The second-order valence-corrected chi connectivity index (χ2v) is 8.20. The zero-order valence-corrected chi connectivity index (χ0v) is 16.9. The van der Waals surface area contributed by atoms with Crippen LogP contribution in [-0.2, 0) is 0 Å². The molecule has 3 heterocycles. The molecule has 3 aliphatic rings. The Morgan fingerprint density at radius 3 is 1.17 bits per heavy atom. The van der Waals surface area contributed by atoms with Crippen molar-refractivity contribution in [2.75, 3.05) is 52.4 Å². The highest BCUT2D eigenvalue weighted by Crippen LogP contribution is 2.27. The van der Waals surface area contributed by atoms with Gasteiger partial charge in [-0.2, -0.15) is 0 Å². The van der Waals surface area contributed by atoms with Crippen molar-refractivity contribution in [3.8, 4) is 0 Å². The maximum absolute atomic E-state index is 13.1. The van der Waals surface area contributed by atoms with Gasteiger partial charge < -0.3 is 21.4 Å². The molecule has 0 aromatic heterocycles. The molecule has 2 aromatic rings. The predicted octanol–water partition coefficient (Wildman–Crippen LogP) is -0.305. The number of hydrogen-bond donors (Lipinski definition) is 0. The van der Waals surface area contributed by atoms with Gasteiger partial charge in [0.2, 0.25) is 11.6 Å². The van der Waals surface area contributed by atoms with Gasteiger partial charge in [0.25, 0.3) is 0 Å². The van der Waals surface area contributed by atoms with Gasteiger partial charge in [-0.3, -0.25) is 9.59 Å². The molecular weight excluding hydrogens is 398 g/mol. The quantitative estimate of drug-likeness (QED) is 0.474. The fraction of sp³-hybridized carbons (Fsp3) is 0.364. The standard InChI is InChI=1S/C22H24F2N2O2.ClH/c23-19-5-1-17(2-6-19)21(27)15-25-9-12-26(13-10-25,14-11-25)16-22(28)18-3-7-20(24)8-4-18;/h1-8H,9-16H2;1H/q+2;/p-1. The topological polar surface area (TPSA) is 34.1 Å². The fourth-order valence-corrected chi connectivity index (χ4v) is 4.48. The van der Waals surface area contributed by atoms with Gasteiger partial charge in [0.05, 0.1) is 0 Å². The van der Waals surface area contributed by atoms with E-state index >= 15 is 0 Å². The van der Waals surface area contributed by atoms with Crippen molar-refractivity contribution < 1.29 is 39.7 Å². The molecule has 3 saturated heterocycles. The second-order valence-electron chi connectivity index (χ2n) is 8.20. The normalized spacial score (nSPS) is 25.3. The van der Waals surface area contributed by atoms with Crippen LogP contribution in [0.5, 0.6) is 0 Å². The smallest absolute Gasteiger partial charge is 0.216 e. The minimum atomic E-state index is -0.340. The lowest BCUT2D eigenvalue weighted by atomic mass is 10.0. The van der Waals surface area contributed by atoms with Gasteiger partial charge in [0.1, 0.15) is 64.0 Å². The summed E-state index contributed by atoms with van der Waals surface area (Å²) in [6.07, 6.45) is 0.